The lowest BCUT2D eigenvalue weighted by Gasteiger charge is -2.04. The van der Waals surface area contributed by atoms with Crippen LogP contribution in [0.3, 0.4) is 0 Å². The molecule has 1 aromatic heterocycles. The van der Waals surface area contributed by atoms with Gasteiger partial charge in [0.15, 0.2) is 0 Å². The van der Waals surface area contributed by atoms with Crippen molar-refractivity contribution in [2.24, 2.45) is 0 Å². The Labute approximate surface area is 88.5 Å². The maximum Gasteiger partial charge on any atom is 0.281 e. The molecule has 4 nitrogen and oxygen atoms in total. The van der Waals surface area contributed by atoms with E-state index < -0.39 is 31.6 Å². The van der Waals surface area contributed by atoms with Gasteiger partial charge in [-0.05, 0) is 6.07 Å². The van der Waals surface area contributed by atoms with Gasteiger partial charge in [0.25, 0.3) is 15.5 Å². The van der Waals surface area contributed by atoms with Gasteiger partial charge in [-0.3, -0.25) is 4.98 Å². The third-order valence-corrected chi connectivity index (χ3v) is 2.89. The molecule has 0 radical (unpaired) electrons. The Morgan fingerprint density at radius 3 is 2.53 bits per heavy atom. The summed E-state index contributed by atoms with van der Waals surface area (Å²) in [5.41, 5.74) is -1.61. The minimum absolute atomic E-state index is 0.656. The fraction of sp³-hybridized carbons (Fsp3) is 0.143. The van der Waals surface area contributed by atoms with E-state index in [4.69, 9.17) is 15.9 Å². The molecule has 0 fully saturated rings. The molecule has 0 saturated carbocycles. The first-order chi connectivity index (χ1) is 6.88. The highest BCUT2D eigenvalue weighted by Crippen LogP contribution is 2.26. The third kappa shape index (κ3) is 2.40. The van der Waals surface area contributed by atoms with Gasteiger partial charge in [0.2, 0.25) is 0 Å². The Balaban J connectivity index is 3.58. The van der Waals surface area contributed by atoms with E-state index in [1.54, 1.807) is 0 Å². The van der Waals surface area contributed by atoms with Crippen LogP contribution in [-0.2, 0) is 9.05 Å². The number of nitrogens with zero attached hydrogens (tertiary/aromatic N) is 2. The van der Waals surface area contributed by atoms with E-state index in [2.05, 4.69) is 4.98 Å². The first kappa shape index (κ1) is 11.8. The van der Waals surface area contributed by atoms with Gasteiger partial charge >= 0.3 is 0 Å². The highest BCUT2D eigenvalue weighted by atomic mass is 35.7. The van der Waals surface area contributed by atoms with E-state index in [0.717, 1.165) is 12.3 Å². The molecule has 0 aliphatic heterocycles. The van der Waals surface area contributed by atoms with Crippen molar-refractivity contribution in [2.75, 3.05) is 0 Å². The van der Waals surface area contributed by atoms with Crippen LogP contribution in [0.1, 0.15) is 17.7 Å². The number of alkyl halides is 2. The lowest BCUT2D eigenvalue weighted by molar-refractivity contribution is 0.145. The highest BCUT2D eigenvalue weighted by molar-refractivity contribution is 8.13. The van der Waals surface area contributed by atoms with Crippen LogP contribution in [0.2, 0.25) is 0 Å². The Bertz CT molecular complexity index is 524. The Hall–Kier alpha value is -1.26. The molecular weight excluding hydrogens is 250 g/mol. The van der Waals surface area contributed by atoms with E-state index in [0.29, 0.717) is 0 Å². The van der Waals surface area contributed by atoms with E-state index in [1.165, 1.54) is 6.07 Å². The number of nitriles is 1. The smallest absolute Gasteiger partial charge is 0.254 e. The first-order valence-electron chi connectivity index (χ1n) is 3.49. The number of hydrogen-bond acceptors (Lipinski definition) is 4. The molecular formula is C7H3ClF2N2O2S. The molecule has 0 unspecified atom stereocenters. The summed E-state index contributed by atoms with van der Waals surface area (Å²) in [6.07, 6.45) is -2.17. The molecule has 0 amide bonds. The monoisotopic (exact) mass is 252 g/mol. The van der Waals surface area contributed by atoms with Crippen molar-refractivity contribution >= 4 is 19.7 Å². The zero-order chi connectivity index (χ0) is 11.6. The van der Waals surface area contributed by atoms with Crippen LogP contribution in [0.25, 0.3) is 0 Å². The summed E-state index contributed by atoms with van der Waals surface area (Å²) in [7, 11) is 0.742. The Morgan fingerprint density at radius 2 is 2.13 bits per heavy atom. The van der Waals surface area contributed by atoms with Gasteiger partial charge in [0.1, 0.15) is 16.7 Å². The summed E-state index contributed by atoms with van der Waals surface area (Å²) in [6.45, 7) is 0. The van der Waals surface area contributed by atoms with Crippen LogP contribution in [0.4, 0.5) is 8.78 Å². The second kappa shape index (κ2) is 4.08. The largest absolute Gasteiger partial charge is 0.281 e. The van der Waals surface area contributed by atoms with Gasteiger partial charge in [-0.1, -0.05) is 0 Å². The second-order valence-corrected chi connectivity index (χ2v) is 4.95. The third-order valence-electron chi connectivity index (χ3n) is 1.52. The van der Waals surface area contributed by atoms with Gasteiger partial charge < -0.3 is 0 Å². The van der Waals surface area contributed by atoms with E-state index in [1.807, 2.05) is 0 Å². The van der Waals surface area contributed by atoms with Crippen molar-refractivity contribution in [3.05, 3.63) is 23.5 Å². The standard InChI is InChI=1S/C7H3ClF2N2O2S/c8-15(13,14)5-1-2-12-6(7(9)10)4(5)3-11/h1-2,7H. The molecule has 0 aromatic carbocycles. The van der Waals surface area contributed by atoms with E-state index in [9.17, 15) is 17.2 Å². The zero-order valence-corrected chi connectivity index (χ0v) is 8.56. The summed E-state index contributed by atoms with van der Waals surface area (Å²) in [5, 5.41) is 8.57. The number of aromatic nitrogens is 1. The molecule has 0 N–H and O–H groups in total. The molecule has 1 rings (SSSR count). The number of halogens is 3. The minimum Gasteiger partial charge on any atom is -0.254 e. The molecule has 1 heterocycles. The van der Waals surface area contributed by atoms with Gasteiger partial charge in [-0.2, -0.15) is 5.26 Å². The van der Waals surface area contributed by atoms with Crippen molar-refractivity contribution in [3.63, 3.8) is 0 Å². The summed E-state index contributed by atoms with van der Waals surface area (Å²) in [5.74, 6) is 0. The predicted molar refractivity (Wildman–Crippen MR) is 46.9 cm³/mol. The van der Waals surface area contributed by atoms with Crippen LogP contribution >= 0.6 is 10.7 Å². The average Bonchev–Trinajstić information content (AvgIpc) is 2.15. The number of pyridine rings is 1. The van der Waals surface area contributed by atoms with Crippen LogP contribution in [0, 0.1) is 11.3 Å². The molecule has 8 heteroatoms. The zero-order valence-electron chi connectivity index (χ0n) is 6.99. The SMILES string of the molecule is N#Cc1c(S(=O)(=O)Cl)ccnc1C(F)F. The molecule has 0 aliphatic carbocycles. The topological polar surface area (TPSA) is 70.8 Å². The van der Waals surface area contributed by atoms with Crippen LogP contribution in [0.15, 0.2) is 17.2 Å². The van der Waals surface area contributed by atoms with Crippen molar-refractivity contribution in [1.82, 2.24) is 4.98 Å². The first-order valence-corrected chi connectivity index (χ1v) is 5.80. The van der Waals surface area contributed by atoms with Crippen LogP contribution < -0.4 is 0 Å². The normalized spacial score (nSPS) is 11.4. The van der Waals surface area contributed by atoms with Gasteiger partial charge in [-0.15, -0.1) is 0 Å². The summed E-state index contributed by atoms with van der Waals surface area (Å²) < 4.78 is 46.5. The molecule has 0 aliphatic rings. The van der Waals surface area contributed by atoms with Crippen molar-refractivity contribution in [2.45, 2.75) is 11.3 Å². The summed E-state index contributed by atoms with van der Waals surface area (Å²) >= 11 is 0. The van der Waals surface area contributed by atoms with Crippen LogP contribution in [-0.4, -0.2) is 13.4 Å². The molecule has 0 spiro atoms. The van der Waals surface area contributed by atoms with Crippen molar-refractivity contribution in [3.8, 4) is 6.07 Å². The van der Waals surface area contributed by atoms with Crippen LogP contribution in [0.5, 0.6) is 0 Å². The number of hydrogen-bond donors (Lipinski definition) is 0. The molecule has 0 saturated heterocycles. The fourth-order valence-electron chi connectivity index (χ4n) is 0.940. The lowest BCUT2D eigenvalue weighted by Crippen LogP contribution is -2.02. The Morgan fingerprint density at radius 1 is 1.53 bits per heavy atom. The lowest BCUT2D eigenvalue weighted by atomic mass is 10.2. The summed E-state index contributed by atoms with van der Waals surface area (Å²) in [4.78, 5) is 2.57. The molecule has 1 aromatic rings. The van der Waals surface area contributed by atoms with E-state index >= 15 is 0 Å². The van der Waals surface area contributed by atoms with Crippen molar-refractivity contribution < 1.29 is 17.2 Å². The minimum atomic E-state index is -4.23. The van der Waals surface area contributed by atoms with Gasteiger partial charge in [0, 0.05) is 16.9 Å². The van der Waals surface area contributed by atoms with Gasteiger partial charge in [-0.25, -0.2) is 17.2 Å². The Kier molecular flexibility index (Phi) is 3.21. The molecule has 15 heavy (non-hydrogen) atoms. The summed E-state index contributed by atoms with van der Waals surface area (Å²) in [6, 6.07) is 2.24. The molecule has 80 valence electrons. The predicted octanol–water partition coefficient (Wildman–Crippen LogP) is 1.82. The van der Waals surface area contributed by atoms with Crippen molar-refractivity contribution in [1.29, 1.82) is 5.26 Å². The average molecular weight is 253 g/mol. The maximum atomic E-state index is 12.3. The second-order valence-electron chi connectivity index (χ2n) is 2.42. The quantitative estimate of drug-likeness (QED) is 0.753. The fourth-order valence-corrected chi connectivity index (χ4v) is 1.94. The van der Waals surface area contributed by atoms with Gasteiger partial charge in [0.05, 0.1) is 5.56 Å². The highest BCUT2D eigenvalue weighted by Gasteiger charge is 2.23. The molecule has 0 bridgehead atoms. The van der Waals surface area contributed by atoms with E-state index in [-0.39, 0.29) is 0 Å². The number of rotatable bonds is 2. The molecule has 0 atom stereocenters. The maximum absolute atomic E-state index is 12.3.